The number of esters is 2. The average molecular weight is 1190 g/mol. The number of carbonyl (C=O) groups excluding carboxylic acids is 2. The summed E-state index contributed by atoms with van der Waals surface area (Å²) < 4.78 is 98.0. The zero-order chi connectivity index (χ0) is 60.9. The summed E-state index contributed by atoms with van der Waals surface area (Å²) in [5.41, 5.74) is 23.2. The van der Waals surface area contributed by atoms with Gasteiger partial charge in [-0.25, -0.2) is 0 Å². The van der Waals surface area contributed by atoms with Gasteiger partial charge in [-0.1, -0.05) is 143 Å². The van der Waals surface area contributed by atoms with Gasteiger partial charge in [-0.2, -0.15) is 0 Å². The van der Waals surface area contributed by atoms with E-state index in [4.69, 9.17) is 71.1 Å². The maximum absolute atomic E-state index is 12.5. The number of hydrogen-bond acceptors (Lipinski definition) is 19. The maximum Gasteiger partial charge on any atom is 0.302 e. The van der Waals surface area contributed by atoms with Crippen molar-refractivity contribution in [1.29, 1.82) is 0 Å². The monoisotopic (exact) mass is 1190 g/mol. The van der Waals surface area contributed by atoms with Crippen LogP contribution >= 0.6 is 0 Å². The van der Waals surface area contributed by atoms with Crippen molar-refractivity contribution in [2.24, 2.45) is 45.7 Å². The lowest BCUT2D eigenvalue weighted by molar-refractivity contribution is -0.366. The van der Waals surface area contributed by atoms with Gasteiger partial charge in [0.05, 0.1) is 80.7 Å². The molecule has 0 bridgehead atoms. The summed E-state index contributed by atoms with van der Waals surface area (Å²) in [6, 6.07) is 27.4. The van der Waals surface area contributed by atoms with Crippen LogP contribution in [-0.2, 0) is 100 Å². The van der Waals surface area contributed by atoms with E-state index in [2.05, 4.69) is 27.0 Å². The summed E-state index contributed by atoms with van der Waals surface area (Å²) in [7, 11) is 1.57. The van der Waals surface area contributed by atoms with Gasteiger partial charge in [0.2, 0.25) is 0 Å². The second-order valence-corrected chi connectivity index (χ2v) is 23.3. The molecule has 10 unspecified atom stereocenters. The molecule has 5 heterocycles. The van der Waals surface area contributed by atoms with E-state index >= 15 is 0 Å². The average Bonchev–Trinajstić information content (AvgIpc) is 3.43. The molecular formula is C62H86N6O17. The van der Waals surface area contributed by atoms with Crippen LogP contribution < -0.4 is 0 Å². The van der Waals surface area contributed by atoms with Crippen molar-refractivity contribution >= 4 is 11.9 Å². The minimum Gasteiger partial charge on any atom is -0.463 e. The van der Waals surface area contributed by atoms with Crippen molar-refractivity contribution in [3.63, 3.8) is 0 Å². The molecule has 3 aromatic carbocycles. The van der Waals surface area contributed by atoms with Crippen LogP contribution in [0.4, 0.5) is 0 Å². The van der Waals surface area contributed by atoms with Crippen LogP contribution in [0.3, 0.4) is 0 Å². The van der Waals surface area contributed by atoms with Gasteiger partial charge in [-0.05, 0) is 60.4 Å². The number of hydrogen-bond donors (Lipinski definition) is 0. The van der Waals surface area contributed by atoms with Gasteiger partial charge in [0, 0.05) is 54.5 Å². The molecule has 23 heteroatoms. The summed E-state index contributed by atoms with van der Waals surface area (Å²) in [5, 5.41) is 8.52. The lowest BCUT2D eigenvalue weighted by atomic mass is 9.85. The zero-order valence-electron chi connectivity index (χ0n) is 50.8. The first-order chi connectivity index (χ1) is 40.9. The van der Waals surface area contributed by atoms with Crippen molar-refractivity contribution in [2.75, 3.05) is 20.3 Å². The molecule has 5 saturated heterocycles. The first kappa shape index (κ1) is 65.7. The number of nitrogens with zero attached hydrogens (tertiary/aromatic N) is 6. The van der Waals surface area contributed by atoms with E-state index in [9.17, 15) is 20.7 Å². The van der Waals surface area contributed by atoms with Crippen molar-refractivity contribution in [3.05, 3.63) is 129 Å². The van der Waals surface area contributed by atoms with Crippen molar-refractivity contribution < 1.29 is 80.6 Å². The van der Waals surface area contributed by atoms with Crippen LogP contribution in [0.25, 0.3) is 20.9 Å². The highest BCUT2D eigenvalue weighted by molar-refractivity contribution is 5.66. The van der Waals surface area contributed by atoms with E-state index in [1.165, 1.54) is 13.8 Å². The summed E-state index contributed by atoms with van der Waals surface area (Å²) in [5.74, 6) is -3.46. The van der Waals surface area contributed by atoms with Crippen LogP contribution in [0, 0.1) is 35.5 Å². The summed E-state index contributed by atoms with van der Waals surface area (Å²) >= 11 is 0. The normalized spacial score (nSPS) is 38.5. The molecule has 3 aromatic rings. The molecule has 0 radical (unpaired) electrons. The Balaban J connectivity index is 1.04. The van der Waals surface area contributed by atoms with E-state index in [1.807, 2.05) is 146 Å². The highest BCUT2D eigenvalue weighted by Gasteiger charge is 2.55. The predicted octanol–water partition coefficient (Wildman–Crippen LogP) is 9.91. The summed E-state index contributed by atoms with van der Waals surface area (Å²) in [6.45, 7) is 20.3. The number of carbonyl (C=O) groups is 2. The molecular weight excluding hydrogens is 1100 g/mol. The molecule has 0 spiro atoms. The number of azide groups is 2. The molecule has 25 atom stereocenters. The topological polar surface area (TPSA) is 270 Å². The Bertz CT molecular complexity index is 2660. The third-order valence-corrected chi connectivity index (χ3v) is 17.3. The third-order valence-electron chi connectivity index (χ3n) is 17.3. The third kappa shape index (κ3) is 16.5. The molecule has 5 aliphatic heterocycles. The van der Waals surface area contributed by atoms with Gasteiger partial charge in [0.15, 0.2) is 31.5 Å². The predicted molar refractivity (Wildman–Crippen MR) is 306 cm³/mol. The summed E-state index contributed by atoms with van der Waals surface area (Å²) in [6.07, 6.45) is -13.3. The van der Waals surface area contributed by atoms with Gasteiger partial charge in [0.1, 0.15) is 37.6 Å². The number of methoxy groups -OCH3 is 1. The van der Waals surface area contributed by atoms with Gasteiger partial charge >= 0.3 is 11.9 Å². The van der Waals surface area contributed by atoms with E-state index < -0.39 is 134 Å². The molecule has 5 fully saturated rings. The molecule has 0 aliphatic carbocycles. The number of benzene rings is 3. The zero-order valence-corrected chi connectivity index (χ0v) is 50.8. The molecule has 85 heavy (non-hydrogen) atoms. The fraction of sp³-hybridized carbons (Fsp3) is 0.677. The lowest BCUT2D eigenvalue weighted by Gasteiger charge is -2.51. The Labute approximate surface area is 498 Å². The smallest absolute Gasteiger partial charge is 0.302 e. The second kappa shape index (κ2) is 31.1. The largest absolute Gasteiger partial charge is 0.463 e. The molecule has 0 aromatic heterocycles. The van der Waals surface area contributed by atoms with Crippen LogP contribution in [0.2, 0.25) is 0 Å². The second-order valence-electron chi connectivity index (χ2n) is 23.3. The van der Waals surface area contributed by atoms with E-state index in [0.717, 1.165) is 16.7 Å². The fourth-order valence-corrected chi connectivity index (χ4v) is 12.3. The van der Waals surface area contributed by atoms with E-state index in [0.29, 0.717) is 6.61 Å². The quantitative estimate of drug-likeness (QED) is 0.0349. The van der Waals surface area contributed by atoms with Crippen molar-refractivity contribution in [3.8, 4) is 0 Å². The standard InChI is InChI=1S/C62H86N6O17/c1-33-39(7)77-59(36(4)51(33)74-28-44-22-16-13-17-23-44)82-52-34(2)49(65-67-63)62(80-47(52)31-72-42(10)69)85-57-41(9)79-60(38(6)55(57)76-30-46-26-20-15-21-27-46)83-53-35(3)50(66-68-64)61(81-48(53)32-73-43(11)70)84-56-40(8)78-58(71-12)37(5)54(56)75-29-45-24-18-14-19-25-45/h13-27,33-41,47-62H,28-32H2,1-12H3/t33-,34-,35-,36?,37?,38?,39?,40?,41?,47?,48?,49?,50?,51-,52+,53+,54+,55+,56-,57-,58-,59+,60+,61+,62-/m1/s1. The molecule has 5 aliphatic rings. The molecule has 0 N–H and O–H groups in total. The lowest BCUT2D eigenvalue weighted by Crippen LogP contribution is -2.63. The van der Waals surface area contributed by atoms with Gasteiger partial charge in [0.25, 0.3) is 0 Å². The Hall–Kier alpha value is -5.30. The van der Waals surface area contributed by atoms with Gasteiger partial charge in [-0.3, -0.25) is 9.59 Å². The summed E-state index contributed by atoms with van der Waals surface area (Å²) in [4.78, 5) is 31.5. The first-order valence-corrected chi connectivity index (χ1v) is 29.6. The minimum absolute atomic E-state index is 0.0250. The van der Waals surface area contributed by atoms with Crippen LogP contribution in [0.15, 0.2) is 101 Å². The van der Waals surface area contributed by atoms with Gasteiger partial charge < -0.3 is 71.1 Å². The Morgan fingerprint density at radius 3 is 1.14 bits per heavy atom. The van der Waals surface area contributed by atoms with Gasteiger partial charge in [-0.15, -0.1) is 0 Å². The van der Waals surface area contributed by atoms with Crippen molar-refractivity contribution in [2.45, 2.75) is 213 Å². The number of rotatable bonds is 24. The molecule has 8 rings (SSSR count). The first-order valence-electron chi connectivity index (χ1n) is 29.6. The Kier molecular flexibility index (Phi) is 24.0. The SMILES string of the molecule is CO[C@@H]1OC(C)[C@@H](O[C@@H]2OC(COC(C)=O)[C@@H](O[C@@H]3OC(C)[C@@H](O[C@H]4OC(COC(C)=O)[C@@H](O[C@@H]5OC(C)[C@@H](C)[C@@H](OCc6ccccc6)C5C)[C@H](C)C4N=[N+]=[N-])[C@@H](OCc4ccccc4)C3C)[C@H](C)C2N=[N+]=[N-])[C@@H](OCc2ccccc2)C1C. The fourth-order valence-electron chi connectivity index (χ4n) is 12.3. The Morgan fingerprint density at radius 2 is 0.765 bits per heavy atom. The van der Waals surface area contributed by atoms with Crippen molar-refractivity contribution in [1.82, 2.24) is 0 Å². The highest BCUT2D eigenvalue weighted by atomic mass is 16.8. The van der Waals surface area contributed by atoms with Crippen LogP contribution in [0.5, 0.6) is 0 Å². The molecule has 0 amide bonds. The minimum atomic E-state index is -1.23. The highest BCUT2D eigenvalue weighted by Crippen LogP contribution is 2.43. The van der Waals surface area contributed by atoms with E-state index in [1.54, 1.807) is 7.11 Å². The Morgan fingerprint density at radius 1 is 0.424 bits per heavy atom. The van der Waals surface area contributed by atoms with Crippen LogP contribution in [0.1, 0.15) is 92.9 Å². The molecule has 466 valence electrons. The van der Waals surface area contributed by atoms with Crippen LogP contribution in [-0.4, -0.2) is 149 Å². The molecule has 23 nitrogen and oxygen atoms in total. The molecule has 0 saturated carbocycles. The number of ether oxygens (including phenoxy) is 15. The maximum atomic E-state index is 12.5. The van der Waals surface area contributed by atoms with E-state index in [-0.39, 0.29) is 56.4 Å².